The van der Waals surface area contributed by atoms with E-state index >= 15 is 0 Å². The molecule has 1 aromatic carbocycles. The topological polar surface area (TPSA) is 40.5 Å². The van der Waals surface area contributed by atoms with Gasteiger partial charge in [0.25, 0.3) is 0 Å². The minimum Gasteiger partial charge on any atom is -0.465 e. The lowest BCUT2D eigenvalue weighted by atomic mass is 9.84. The highest BCUT2D eigenvalue weighted by Crippen LogP contribution is 2.40. The van der Waals surface area contributed by atoms with Gasteiger partial charge in [-0.15, -0.1) is 0 Å². The van der Waals surface area contributed by atoms with Gasteiger partial charge in [0, 0.05) is 6.04 Å². The molecule has 1 N–H and O–H groups in total. The van der Waals surface area contributed by atoms with E-state index in [1.165, 1.54) is 17.0 Å². The highest BCUT2D eigenvalue weighted by molar-refractivity contribution is 5.90. The first-order chi connectivity index (χ1) is 7.80. The van der Waals surface area contributed by atoms with Crippen molar-refractivity contribution in [3.8, 4) is 0 Å². The van der Waals surface area contributed by atoms with Crippen molar-refractivity contribution in [3.63, 3.8) is 0 Å². The van der Waals surface area contributed by atoms with Gasteiger partial charge in [-0.2, -0.15) is 0 Å². The number of amides is 1. The van der Waals surface area contributed by atoms with Gasteiger partial charge in [-0.25, -0.2) is 9.18 Å². The summed E-state index contributed by atoms with van der Waals surface area (Å²) in [5.74, 6) is -0.316. The van der Waals surface area contributed by atoms with Crippen LogP contribution in [0.2, 0.25) is 0 Å². The Balaban J connectivity index is 2.48. The molecule has 0 radical (unpaired) electrons. The number of anilines is 1. The van der Waals surface area contributed by atoms with Crippen LogP contribution in [-0.4, -0.2) is 17.2 Å². The Morgan fingerprint density at radius 3 is 2.65 bits per heavy atom. The number of hydrogen-bond acceptors (Lipinski definition) is 1. The molecule has 0 spiro atoms. The number of carboxylic acid groups (broad SMARTS) is 1. The normalized spacial score (nSPS) is 19.3. The number of fused-ring (bicyclic) bond motifs is 1. The summed E-state index contributed by atoms with van der Waals surface area (Å²) in [6, 6.07) is 4.14. The fourth-order valence-corrected chi connectivity index (χ4v) is 2.35. The Morgan fingerprint density at radius 2 is 2.12 bits per heavy atom. The summed E-state index contributed by atoms with van der Waals surface area (Å²) < 4.78 is 13.1. The molecule has 3 nitrogen and oxygen atoms in total. The minimum absolute atomic E-state index is 0.142. The fourth-order valence-electron chi connectivity index (χ4n) is 2.35. The summed E-state index contributed by atoms with van der Waals surface area (Å²) in [5.41, 5.74) is 1.21. The van der Waals surface area contributed by atoms with E-state index in [0.717, 1.165) is 5.56 Å². The van der Waals surface area contributed by atoms with Gasteiger partial charge in [-0.1, -0.05) is 20.8 Å². The van der Waals surface area contributed by atoms with Crippen molar-refractivity contribution < 1.29 is 14.3 Å². The van der Waals surface area contributed by atoms with E-state index in [4.69, 9.17) is 0 Å². The number of carbonyl (C=O) groups is 1. The second-order valence-electron chi connectivity index (χ2n) is 5.51. The Kier molecular flexibility index (Phi) is 2.60. The van der Waals surface area contributed by atoms with Crippen LogP contribution in [-0.2, 0) is 6.42 Å². The van der Waals surface area contributed by atoms with E-state index in [1.807, 2.05) is 20.8 Å². The molecular formula is C13H16FNO2. The number of hydrogen-bond donors (Lipinski definition) is 1. The van der Waals surface area contributed by atoms with Crippen LogP contribution in [0, 0.1) is 11.2 Å². The molecule has 0 aromatic heterocycles. The Bertz CT molecular complexity index is 465. The number of halogens is 1. The van der Waals surface area contributed by atoms with Crippen LogP contribution in [0.3, 0.4) is 0 Å². The average Bonchev–Trinajstić information content (AvgIpc) is 2.55. The van der Waals surface area contributed by atoms with Gasteiger partial charge >= 0.3 is 6.09 Å². The predicted octanol–water partition coefficient (Wildman–Crippen LogP) is 3.28. The molecule has 2 rings (SSSR count). The average molecular weight is 237 g/mol. The fraction of sp³-hybridized carbons (Fsp3) is 0.462. The lowest BCUT2D eigenvalue weighted by molar-refractivity contribution is 0.191. The van der Waals surface area contributed by atoms with E-state index in [-0.39, 0.29) is 17.3 Å². The summed E-state index contributed by atoms with van der Waals surface area (Å²) >= 11 is 0. The molecule has 0 saturated heterocycles. The van der Waals surface area contributed by atoms with Crippen molar-refractivity contribution in [2.75, 3.05) is 4.90 Å². The van der Waals surface area contributed by atoms with Crippen LogP contribution in [0.25, 0.3) is 0 Å². The smallest absolute Gasteiger partial charge is 0.412 e. The van der Waals surface area contributed by atoms with Gasteiger partial charge < -0.3 is 5.11 Å². The summed E-state index contributed by atoms with van der Waals surface area (Å²) in [7, 11) is 0. The zero-order chi connectivity index (χ0) is 12.8. The number of nitrogens with zero attached hydrogens (tertiary/aromatic N) is 1. The molecule has 1 aromatic rings. The highest BCUT2D eigenvalue weighted by Gasteiger charge is 2.40. The van der Waals surface area contributed by atoms with Gasteiger partial charge in [0.05, 0.1) is 5.69 Å². The number of benzene rings is 1. The van der Waals surface area contributed by atoms with Gasteiger partial charge in [0.1, 0.15) is 5.82 Å². The molecule has 1 aliphatic heterocycles. The summed E-state index contributed by atoms with van der Waals surface area (Å²) in [6.45, 7) is 5.99. The first kappa shape index (κ1) is 11.9. The molecular weight excluding hydrogens is 221 g/mol. The van der Waals surface area contributed by atoms with Crippen molar-refractivity contribution >= 4 is 11.8 Å². The summed E-state index contributed by atoms with van der Waals surface area (Å²) in [4.78, 5) is 12.7. The van der Waals surface area contributed by atoms with Crippen LogP contribution >= 0.6 is 0 Å². The maximum Gasteiger partial charge on any atom is 0.412 e. The van der Waals surface area contributed by atoms with Gasteiger partial charge in [-0.05, 0) is 35.6 Å². The van der Waals surface area contributed by atoms with Crippen LogP contribution in [0.15, 0.2) is 18.2 Å². The molecule has 0 bridgehead atoms. The standard InChI is InChI=1S/C13H16FNO2/c1-13(2,3)11-7-8-6-9(14)4-5-10(8)15(11)12(16)17/h4-6,11H,7H2,1-3H3,(H,16,17). The van der Waals surface area contributed by atoms with Gasteiger partial charge in [0.15, 0.2) is 0 Å². The molecule has 1 atom stereocenters. The largest absolute Gasteiger partial charge is 0.465 e. The Hall–Kier alpha value is -1.58. The third kappa shape index (κ3) is 1.99. The van der Waals surface area contributed by atoms with Crippen molar-refractivity contribution in [2.45, 2.75) is 33.2 Å². The summed E-state index contributed by atoms with van der Waals surface area (Å²) in [6.07, 6.45) is -0.404. The third-order valence-electron chi connectivity index (χ3n) is 3.23. The predicted molar refractivity (Wildman–Crippen MR) is 63.9 cm³/mol. The molecule has 0 fully saturated rings. The summed E-state index contributed by atoms with van der Waals surface area (Å²) in [5, 5.41) is 9.30. The zero-order valence-electron chi connectivity index (χ0n) is 10.2. The second-order valence-corrected chi connectivity index (χ2v) is 5.51. The SMILES string of the molecule is CC(C)(C)C1Cc2cc(F)ccc2N1C(=O)O. The van der Waals surface area contributed by atoms with Crippen molar-refractivity contribution in [2.24, 2.45) is 5.41 Å². The van der Waals surface area contributed by atoms with E-state index < -0.39 is 6.09 Å². The van der Waals surface area contributed by atoms with Crippen LogP contribution in [0.1, 0.15) is 26.3 Å². The minimum atomic E-state index is -0.977. The molecule has 1 amide bonds. The zero-order valence-corrected chi connectivity index (χ0v) is 10.2. The first-order valence-corrected chi connectivity index (χ1v) is 5.61. The molecule has 17 heavy (non-hydrogen) atoms. The van der Waals surface area contributed by atoms with Gasteiger partial charge in [0.2, 0.25) is 0 Å². The van der Waals surface area contributed by atoms with E-state index in [1.54, 1.807) is 6.07 Å². The highest BCUT2D eigenvalue weighted by atomic mass is 19.1. The number of rotatable bonds is 0. The molecule has 4 heteroatoms. The molecule has 1 aliphatic rings. The van der Waals surface area contributed by atoms with Crippen LogP contribution in [0.5, 0.6) is 0 Å². The Labute approximate surface area is 99.9 Å². The van der Waals surface area contributed by atoms with Crippen LogP contribution in [0.4, 0.5) is 14.9 Å². The van der Waals surface area contributed by atoms with Crippen molar-refractivity contribution in [3.05, 3.63) is 29.6 Å². The van der Waals surface area contributed by atoms with Gasteiger partial charge in [-0.3, -0.25) is 4.90 Å². The lowest BCUT2D eigenvalue weighted by Gasteiger charge is -2.33. The van der Waals surface area contributed by atoms with E-state index in [9.17, 15) is 14.3 Å². The molecule has 1 heterocycles. The third-order valence-corrected chi connectivity index (χ3v) is 3.23. The molecule has 0 aliphatic carbocycles. The van der Waals surface area contributed by atoms with E-state index in [0.29, 0.717) is 12.1 Å². The first-order valence-electron chi connectivity index (χ1n) is 5.61. The maximum absolute atomic E-state index is 13.1. The molecule has 1 unspecified atom stereocenters. The molecule has 0 saturated carbocycles. The second kappa shape index (κ2) is 3.72. The van der Waals surface area contributed by atoms with Crippen molar-refractivity contribution in [1.82, 2.24) is 0 Å². The quantitative estimate of drug-likeness (QED) is 0.752. The maximum atomic E-state index is 13.1. The van der Waals surface area contributed by atoms with Crippen LogP contribution < -0.4 is 4.90 Å². The Morgan fingerprint density at radius 1 is 1.47 bits per heavy atom. The van der Waals surface area contributed by atoms with E-state index in [2.05, 4.69) is 0 Å². The van der Waals surface area contributed by atoms with Crippen molar-refractivity contribution in [1.29, 1.82) is 0 Å². The lowest BCUT2D eigenvalue weighted by Crippen LogP contribution is -2.44. The monoisotopic (exact) mass is 237 g/mol. The molecule has 92 valence electrons.